The third kappa shape index (κ3) is 5.93. The Kier molecular flexibility index (Phi) is 6.99. The van der Waals surface area contributed by atoms with Crippen LogP contribution in [-0.4, -0.2) is 55.7 Å². The minimum atomic E-state index is -0.284. The van der Waals surface area contributed by atoms with Gasteiger partial charge in [-0.15, -0.1) is 0 Å². The smallest absolute Gasteiger partial charge is 0.251 e. The van der Waals surface area contributed by atoms with Crippen molar-refractivity contribution in [1.82, 2.24) is 15.5 Å². The highest BCUT2D eigenvalue weighted by molar-refractivity contribution is 5.94. The number of hydrogen-bond donors (Lipinski definition) is 2. The van der Waals surface area contributed by atoms with Crippen LogP contribution in [0.4, 0.5) is 4.39 Å². The number of nitrogens with zero attached hydrogens (tertiary/aromatic N) is 1. The number of benzene rings is 2. The zero-order chi connectivity index (χ0) is 21.6. The molecule has 0 radical (unpaired) electrons. The Bertz CT molecular complexity index is 917. The van der Waals surface area contributed by atoms with Gasteiger partial charge in [-0.05, 0) is 61.2 Å². The van der Waals surface area contributed by atoms with Gasteiger partial charge in [0.1, 0.15) is 17.7 Å². The number of ether oxygens (including phenoxy) is 1. The van der Waals surface area contributed by atoms with Gasteiger partial charge in [-0.2, -0.15) is 0 Å². The molecule has 31 heavy (non-hydrogen) atoms. The van der Waals surface area contributed by atoms with Crippen molar-refractivity contribution in [1.29, 1.82) is 0 Å². The molecule has 1 amide bonds. The summed E-state index contributed by atoms with van der Waals surface area (Å²) in [7, 11) is 0. The first-order chi connectivity index (χ1) is 15.1. The second-order valence-electron chi connectivity index (χ2n) is 8.38. The first kappa shape index (κ1) is 21.5. The SMILES string of the molecule is Cc1cc(C(=O)NC2CCN(C/C=C/c3ccc(OC4CNC4)cc3)CC2)ccc1F. The molecule has 4 rings (SSSR count). The maximum absolute atomic E-state index is 13.4. The number of piperidine rings is 1. The van der Waals surface area contributed by atoms with Crippen molar-refractivity contribution in [3.05, 3.63) is 71.0 Å². The second kappa shape index (κ2) is 10.1. The highest BCUT2D eigenvalue weighted by Gasteiger charge is 2.21. The fraction of sp³-hybridized carbons (Fsp3) is 0.400. The molecule has 2 N–H and O–H groups in total. The van der Waals surface area contributed by atoms with Gasteiger partial charge in [0.15, 0.2) is 0 Å². The fourth-order valence-corrected chi connectivity index (χ4v) is 3.85. The average Bonchev–Trinajstić information content (AvgIpc) is 2.75. The Labute approximate surface area is 183 Å². The van der Waals surface area contributed by atoms with Crippen LogP contribution in [0, 0.1) is 12.7 Å². The van der Waals surface area contributed by atoms with E-state index in [2.05, 4.69) is 39.8 Å². The molecule has 0 saturated carbocycles. The number of nitrogens with one attached hydrogen (secondary N) is 2. The van der Waals surface area contributed by atoms with E-state index in [0.717, 1.165) is 56.9 Å². The molecule has 5 nitrogen and oxygen atoms in total. The Balaban J connectivity index is 1.18. The summed E-state index contributed by atoms with van der Waals surface area (Å²) in [6.07, 6.45) is 6.46. The molecule has 0 spiro atoms. The first-order valence-electron chi connectivity index (χ1n) is 11.0. The van der Waals surface area contributed by atoms with E-state index in [4.69, 9.17) is 4.74 Å². The zero-order valence-corrected chi connectivity index (χ0v) is 17.9. The fourth-order valence-electron chi connectivity index (χ4n) is 3.85. The molecule has 2 aliphatic rings. The summed E-state index contributed by atoms with van der Waals surface area (Å²) in [6, 6.07) is 12.9. The van der Waals surface area contributed by atoms with Crippen LogP contribution in [0.15, 0.2) is 48.5 Å². The van der Waals surface area contributed by atoms with Crippen molar-refractivity contribution in [2.45, 2.75) is 31.9 Å². The van der Waals surface area contributed by atoms with Crippen LogP contribution in [0.2, 0.25) is 0 Å². The quantitative estimate of drug-likeness (QED) is 0.717. The summed E-state index contributed by atoms with van der Waals surface area (Å²) >= 11 is 0. The third-order valence-electron chi connectivity index (χ3n) is 5.94. The van der Waals surface area contributed by atoms with Crippen LogP contribution in [0.5, 0.6) is 5.75 Å². The number of hydrogen-bond acceptors (Lipinski definition) is 4. The lowest BCUT2D eigenvalue weighted by atomic mass is 10.0. The number of amides is 1. The van der Waals surface area contributed by atoms with Gasteiger partial charge in [-0.1, -0.05) is 24.3 Å². The van der Waals surface area contributed by atoms with Crippen LogP contribution in [0.3, 0.4) is 0 Å². The lowest BCUT2D eigenvalue weighted by Crippen LogP contribution is -2.50. The normalized spacial score (nSPS) is 18.1. The molecule has 2 heterocycles. The van der Waals surface area contributed by atoms with E-state index in [0.29, 0.717) is 17.2 Å². The predicted octanol–water partition coefficient (Wildman–Crippen LogP) is 3.39. The lowest BCUT2D eigenvalue weighted by Gasteiger charge is -2.31. The second-order valence-corrected chi connectivity index (χ2v) is 8.38. The van der Waals surface area contributed by atoms with E-state index in [1.165, 1.54) is 6.07 Å². The van der Waals surface area contributed by atoms with E-state index >= 15 is 0 Å². The summed E-state index contributed by atoms with van der Waals surface area (Å²) in [6.45, 7) is 6.30. The van der Waals surface area contributed by atoms with Gasteiger partial charge in [0, 0.05) is 44.3 Å². The molecule has 0 atom stereocenters. The highest BCUT2D eigenvalue weighted by Crippen LogP contribution is 2.17. The summed E-state index contributed by atoms with van der Waals surface area (Å²) in [4.78, 5) is 14.8. The third-order valence-corrected chi connectivity index (χ3v) is 5.94. The molecule has 2 aromatic carbocycles. The molecule has 2 fully saturated rings. The summed E-state index contributed by atoms with van der Waals surface area (Å²) < 4.78 is 19.2. The van der Waals surface area contributed by atoms with Gasteiger partial charge < -0.3 is 15.4 Å². The van der Waals surface area contributed by atoms with Crippen LogP contribution in [0.25, 0.3) is 6.08 Å². The van der Waals surface area contributed by atoms with Crippen LogP contribution in [0.1, 0.15) is 34.3 Å². The van der Waals surface area contributed by atoms with Gasteiger partial charge in [0.2, 0.25) is 0 Å². The van der Waals surface area contributed by atoms with E-state index in [-0.39, 0.29) is 17.8 Å². The molecule has 164 valence electrons. The number of aryl methyl sites for hydroxylation is 1. The van der Waals surface area contributed by atoms with Gasteiger partial charge >= 0.3 is 0 Å². The van der Waals surface area contributed by atoms with E-state index in [9.17, 15) is 9.18 Å². The van der Waals surface area contributed by atoms with E-state index in [1.807, 2.05) is 12.1 Å². The van der Waals surface area contributed by atoms with E-state index in [1.54, 1.807) is 19.1 Å². The lowest BCUT2D eigenvalue weighted by molar-refractivity contribution is 0.0914. The standard InChI is InChI=1S/C25H30FN3O2/c1-18-15-20(6-9-24(18)26)25(30)28-21-10-13-29(14-11-21)12-2-3-19-4-7-22(8-5-19)31-23-16-27-17-23/h2-9,15,21,23,27H,10-14,16-17H2,1H3,(H,28,30)/b3-2+. The molecule has 2 aliphatic heterocycles. The summed E-state index contributed by atoms with van der Waals surface area (Å²) in [5, 5.41) is 6.29. The Morgan fingerprint density at radius 1 is 1.19 bits per heavy atom. The highest BCUT2D eigenvalue weighted by atomic mass is 19.1. The van der Waals surface area contributed by atoms with Gasteiger partial charge in [-0.3, -0.25) is 9.69 Å². The molecule has 0 unspecified atom stereocenters. The van der Waals surface area contributed by atoms with Gasteiger partial charge in [-0.25, -0.2) is 4.39 Å². The largest absolute Gasteiger partial charge is 0.488 e. The number of carbonyl (C=O) groups is 1. The van der Waals surface area contributed by atoms with Crippen molar-refractivity contribution in [2.75, 3.05) is 32.7 Å². The minimum Gasteiger partial charge on any atom is -0.488 e. The van der Waals surface area contributed by atoms with Crippen LogP contribution < -0.4 is 15.4 Å². The molecular formula is C25H30FN3O2. The number of rotatable bonds is 7. The van der Waals surface area contributed by atoms with Crippen molar-refractivity contribution >= 4 is 12.0 Å². The molecule has 0 bridgehead atoms. The molecule has 0 aromatic heterocycles. The number of halogens is 1. The van der Waals surface area contributed by atoms with Crippen LogP contribution >= 0.6 is 0 Å². The molecule has 2 saturated heterocycles. The summed E-state index contributed by atoms with van der Waals surface area (Å²) in [5.41, 5.74) is 2.17. The zero-order valence-electron chi connectivity index (χ0n) is 17.9. The van der Waals surface area contributed by atoms with Crippen LogP contribution in [-0.2, 0) is 0 Å². The van der Waals surface area contributed by atoms with E-state index < -0.39 is 0 Å². The molecule has 0 aliphatic carbocycles. The topological polar surface area (TPSA) is 53.6 Å². The first-order valence-corrected chi connectivity index (χ1v) is 11.0. The van der Waals surface area contributed by atoms with Crippen molar-refractivity contribution in [3.8, 4) is 5.75 Å². The monoisotopic (exact) mass is 423 g/mol. The minimum absolute atomic E-state index is 0.123. The predicted molar refractivity (Wildman–Crippen MR) is 121 cm³/mol. The molecule has 2 aromatic rings. The molecule has 6 heteroatoms. The molecular weight excluding hydrogens is 393 g/mol. The maximum Gasteiger partial charge on any atom is 0.251 e. The van der Waals surface area contributed by atoms with Gasteiger partial charge in [0.25, 0.3) is 5.91 Å². The number of likely N-dealkylation sites (tertiary alicyclic amines) is 1. The average molecular weight is 424 g/mol. The van der Waals surface area contributed by atoms with Crippen molar-refractivity contribution in [2.24, 2.45) is 0 Å². The summed E-state index contributed by atoms with van der Waals surface area (Å²) in [5.74, 6) is 0.513. The Morgan fingerprint density at radius 3 is 2.58 bits per heavy atom. The Morgan fingerprint density at radius 2 is 1.94 bits per heavy atom. The number of carbonyl (C=O) groups excluding carboxylic acids is 1. The Hall–Kier alpha value is -2.70. The maximum atomic E-state index is 13.4. The van der Waals surface area contributed by atoms with Crippen molar-refractivity contribution < 1.29 is 13.9 Å². The van der Waals surface area contributed by atoms with Gasteiger partial charge in [0.05, 0.1) is 0 Å². The van der Waals surface area contributed by atoms with Crippen molar-refractivity contribution in [3.63, 3.8) is 0 Å².